The van der Waals surface area contributed by atoms with Gasteiger partial charge in [-0.2, -0.15) is 0 Å². The minimum Gasteiger partial charge on any atom is -0.356 e. The highest BCUT2D eigenvalue weighted by atomic mass is 127. The Kier molecular flexibility index (Phi) is 4.91. The van der Waals surface area contributed by atoms with Crippen molar-refractivity contribution in [2.45, 2.75) is 0 Å². The van der Waals surface area contributed by atoms with Gasteiger partial charge in [-0.15, -0.1) is 0 Å². The van der Waals surface area contributed by atoms with Crippen LogP contribution in [0.5, 0.6) is 0 Å². The van der Waals surface area contributed by atoms with Crippen LogP contribution in [0, 0.1) is 0 Å². The van der Waals surface area contributed by atoms with Crippen molar-refractivity contribution in [3.8, 4) is 0 Å². The number of amides is 2. The zero-order valence-corrected chi connectivity index (χ0v) is 7.51. The van der Waals surface area contributed by atoms with Gasteiger partial charge in [0.2, 0.25) is 5.91 Å². The first-order chi connectivity index (χ1) is 4.70. The maximum atomic E-state index is 10.5. The molecule has 0 aliphatic rings. The lowest BCUT2D eigenvalue weighted by atomic mass is 10.4. The third kappa shape index (κ3) is 4.30. The summed E-state index contributed by atoms with van der Waals surface area (Å²) in [6, 6.07) is 0. The van der Waals surface area contributed by atoms with Crippen LogP contribution in [-0.2, 0) is 9.59 Å². The van der Waals surface area contributed by atoms with Gasteiger partial charge in [-0.25, -0.2) is 0 Å². The van der Waals surface area contributed by atoms with Crippen LogP contribution in [0.25, 0.3) is 0 Å². The molecule has 2 N–H and O–H groups in total. The van der Waals surface area contributed by atoms with Crippen LogP contribution in [0.15, 0.2) is 12.2 Å². The Morgan fingerprint density at radius 3 is 2.20 bits per heavy atom. The summed E-state index contributed by atoms with van der Waals surface area (Å²) in [5, 5.41) is 2.34. The van der Waals surface area contributed by atoms with Crippen molar-refractivity contribution >= 4 is 34.7 Å². The molecule has 0 rings (SSSR count). The predicted octanol–water partition coefficient (Wildman–Crippen LogP) is -0.245. The highest BCUT2D eigenvalue weighted by molar-refractivity contribution is 14.1. The zero-order valence-electron chi connectivity index (χ0n) is 5.35. The molecule has 0 atom stereocenters. The number of likely N-dealkylation sites (N-methyl/N-ethyl adjacent to an activating group) is 1. The first-order valence-electron chi connectivity index (χ1n) is 2.51. The fourth-order valence-electron chi connectivity index (χ4n) is 0.266. The Balaban J connectivity index is 3.75. The number of carbonyl (C=O) groups excluding carboxylic acids is 2. The van der Waals surface area contributed by atoms with E-state index in [0.29, 0.717) is 0 Å². The van der Waals surface area contributed by atoms with Crippen molar-refractivity contribution in [3.63, 3.8) is 0 Å². The Morgan fingerprint density at radius 1 is 1.30 bits per heavy atom. The molecule has 0 fully saturated rings. The summed E-state index contributed by atoms with van der Waals surface area (Å²) in [6.07, 6.45) is 2.32. The number of hydrogen-bond donors (Lipinski definition) is 2. The molecule has 0 saturated heterocycles. The molecule has 4 nitrogen and oxygen atoms in total. The molecule has 0 heterocycles. The average Bonchev–Trinajstić information content (AvgIpc) is 1.99. The largest absolute Gasteiger partial charge is 0.356 e. The van der Waals surface area contributed by atoms with Crippen molar-refractivity contribution in [2.24, 2.45) is 0 Å². The molecule has 0 aliphatic heterocycles. The molecule has 0 aromatic heterocycles. The number of carbonyl (C=O) groups is 2. The number of rotatable bonds is 2. The Labute approximate surface area is 72.6 Å². The van der Waals surface area contributed by atoms with E-state index < -0.39 is 0 Å². The fraction of sp³-hybridized carbons (Fsp3) is 0.200. The molecule has 0 saturated carbocycles. The third-order valence-electron chi connectivity index (χ3n) is 0.726. The van der Waals surface area contributed by atoms with Gasteiger partial charge in [-0.3, -0.25) is 13.1 Å². The predicted molar refractivity (Wildman–Crippen MR) is 45.4 cm³/mol. The summed E-state index contributed by atoms with van der Waals surface area (Å²) in [5.41, 5.74) is 0. The summed E-state index contributed by atoms with van der Waals surface area (Å²) in [7, 11) is 1.49. The van der Waals surface area contributed by atoms with E-state index in [-0.39, 0.29) is 11.8 Å². The zero-order chi connectivity index (χ0) is 7.98. The van der Waals surface area contributed by atoms with Crippen molar-refractivity contribution in [2.75, 3.05) is 7.05 Å². The van der Waals surface area contributed by atoms with E-state index in [1.165, 1.54) is 7.05 Å². The van der Waals surface area contributed by atoms with E-state index in [1.807, 2.05) is 0 Å². The normalized spacial score (nSPS) is 9.40. The van der Waals surface area contributed by atoms with E-state index in [2.05, 4.69) is 8.85 Å². The molecular weight excluding hydrogens is 247 g/mol. The van der Waals surface area contributed by atoms with Gasteiger partial charge in [0, 0.05) is 19.2 Å². The second kappa shape index (κ2) is 5.21. The maximum Gasteiger partial charge on any atom is 0.252 e. The lowest BCUT2D eigenvalue weighted by molar-refractivity contribution is -0.117. The van der Waals surface area contributed by atoms with Crippen molar-refractivity contribution in [1.82, 2.24) is 8.85 Å². The van der Waals surface area contributed by atoms with E-state index in [1.54, 1.807) is 22.9 Å². The third-order valence-corrected chi connectivity index (χ3v) is 1.26. The Morgan fingerprint density at radius 2 is 1.80 bits per heavy atom. The topological polar surface area (TPSA) is 58.2 Å². The minimum atomic E-state index is -0.302. The molecule has 0 spiro atoms. The molecule has 0 aromatic rings. The first-order valence-corrected chi connectivity index (χ1v) is 3.59. The second-order valence-corrected chi connectivity index (χ2v) is 1.95. The monoisotopic (exact) mass is 254 g/mol. The van der Waals surface area contributed by atoms with Gasteiger partial charge in [-0.1, -0.05) is 0 Å². The van der Waals surface area contributed by atoms with Crippen LogP contribution in [0.4, 0.5) is 0 Å². The van der Waals surface area contributed by atoms with Crippen LogP contribution in [-0.4, -0.2) is 18.9 Å². The van der Waals surface area contributed by atoms with Crippen LogP contribution >= 0.6 is 22.9 Å². The van der Waals surface area contributed by atoms with Gasteiger partial charge in [-0.05, 0) is 0 Å². The lowest BCUT2D eigenvalue weighted by Gasteiger charge is -1.88. The summed E-state index contributed by atoms with van der Waals surface area (Å²) in [6.45, 7) is 0. The molecule has 0 aromatic carbocycles. The molecule has 2 amide bonds. The molecule has 56 valence electrons. The molecule has 5 heteroatoms. The van der Waals surface area contributed by atoms with Crippen LogP contribution in [0.1, 0.15) is 0 Å². The van der Waals surface area contributed by atoms with Gasteiger partial charge in [0.25, 0.3) is 5.91 Å². The number of nitrogens with one attached hydrogen (secondary N) is 2. The Bertz CT molecular complexity index is 149. The molecule has 0 radical (unpaired) electrons. The molecule has 0 bridgehead atoms. The summed E-state index contributed by atoms with van der Waals surface area (Å²) >= 11 is 1.69. The quantitative estimate of drug-likeness (QED) is 0.405. The number of hydrogen-bond acceptors (Lipinski definition) is 2. The standard InChI is InChI=1S/C5H7IN2O2/c1-7-4(9)2-3-5(10)8-6/h2-3H,1H3,(H,7,9)(H,8,10)/b3-2+. The van der Waals surface area contributed by atoms with Crippen LogP contribution in [0.3, 0.4) is 0 Å². The van der Waals surface area contributed by atoms with Crippen molar-refractivity contribution < 1.29 is 9.59 Å². The second-order valence-electron chi connectivity index (χ2n) is 1.41. The Hall–Kier alpha value is -0.590. The minimum absolute atomic E-state index is 0.292. The molecule has 0 unspecified atom stereocenters. The van der Waals surface area contributed by atoms with Gasteiger partial charge < -0.3 is 5.32 Å². The maximum absolute atomic E-state index is 10.5. The fourth-order valence-corrected chi connectivity index (χ4v) is 0.446. The first kappa shape index (κ1) is 9.41. The highest BCUT2D eigenvalue weighted by Crippen LogP contribution is 1.76. The van der Waals surface area contributed by atoms with Gasteiger partial charge in [0.1, 0.15) is 0 Å². The van der Waals surface area contributed by atoms with Gasteiger partial charge in [0.15, 0.2) is 0 Å². The highest BCUT2D eigenvalue weighted by Gasteiger charge is 1.91. The van der Waals surface area contributed by atoms with Gasteiger partial charge >= 0.3 is 0 Å². The van der Waals surface area contributed by atoms with E-state index in [4.69, 9.17) is 0 Å². The van der Waals surface area contributed by atoms with Crippen LogP contribution in [0.2, 0.25) is 0 Å². The SMILES string of the molecule is CNC(=O)/C=C/C(=O)NI. The molecule has 10 heavy (non-hydrogen) atoms. The van der Waals surface area contributed by atoms with E-state index in [9.17, 15) is 9.59 Å². The van der Waals surface area contributed by atoms with E-state index in [0.717, 1.165) is 12.2 Å². The molecule has 0 aliphatic carbocycles. The summed E-state index contributed by atoms with van der Waals surface area (Å²) < 4.78 is 2.31. The van der Waals surface area contributed by atoms with Crippen molar-refractivity contribution in [3.05, 3.63) is 12.2 Å². The van der Waals surface area contributed by atoms with Gasteiger partial charge in [0.05, 0.1) is 22.9 Å². The number of halogens is 1. The van der Waals surface area contributed by atoms with Crippen LogP contribution < -0.4 is 8.85 Å². The molecular formula is C5H7IN2O2. The smallest absolute Gasteiger partial charge is 0.252 e. The summed E-state index contributed by atoms with van der Waals surface area (Å²) in [5.74, 6) is -0.593. The van der Waals surface area contributed by atoms with Crippen molar-refractivity contribution in [1.29, 1.82) is 0 Å². The van der Waals surface area contributed by atoms with E-state index >= 15 is 0 Å². The lowest BCUT2D eigenvalue weighted by Crippen LogP contribution is -2.16. The summed E-state index contributed by atoms with van der Waals surface area (Å²) in [4.78, 5) is 20.9. The average molecular weight is 254 g/mol.